The van der Waals surface area contributed by atoms with Crippen LogP contribution in [0.1, 0.15) is 31.1 Å². The number of amides is 3. The van der Waals surface area contributed by atoms with Crippen LogP contribution < -0.4 is 16.2 Å². The van der Waals surface area contributed by atoms with Crippen LogP contribution in [0.25, 0.3) is 0 Å². The van der Waals surface area contributed by atoms with Crippen LogP contribution in [-0.4, -0.2) is 30.6 Å². The maximum atomic E-state index is 12.1. The summed E-state index contributed by atoms with van der Waals surface area (Å²) in [4.78, 5) is 35.4. The number of hydrogen-bond acceptors (Lipinski definition) is 4. The second-order valence-electron chi connectivity index (χ2n) is 5.04. The fourth-order valence-corrected chi connectivity index (χ4v) is 1.83. The molecule has 0 aromatic heterocycles. The predicted octanol–water partition coefficient (Wildman–Crippen LogP) is 1.87. The maximum absolute atomic E-state index is 12.1. The molecule has 0 saturated heterocycles. The Balaban J connectivity index is 2.59. The van der Waals surface area contributed by atoms with Gasteiger partial charge < -0.3 is 10.1 Å². The number of hydrogen-bond donors (Lipinski definition) is 3. The molecule has 126 valence electrons. The van der Waals surface area contributed by atoms with E-state index < -0.39 is 23.9 Å². The molecule has 23 heavy (non-hydrogen) atoms. The molecule has 3 N–H and O–H groups in total. The van der Waals surface area contributed by atoms with E-state index in [9.17, 15) is 14.4 Å². The molecule has 0 spiro atoms. The molecule has 0 fully saturated rings. The van der Waals surface area contributed by atoms with Gasteiger partial charge in [0, 0.05) is 10.6 Å². The van der Waals surface area contributed by atoms with E-state index in [0.29, 0.717) is 10.6 Å². The van der Waals surface area contributed by atoms with Gasteiger partial charge in [0.2, 0.25) is 0 Å². The Bertz CT molecular complexity index is 560. The second-order valence-corrected chi connectivity index (χ2v) is 5.47. The highest BCUT2D eigenvalue weighted by Crippen LogP contribution is 2.09. The van der Waals surface area contributed by atoms with Crippen LogP contribution in [0.3, 0.4) is 0 Å². The van der Waals surface area contributed by atoms with Gasteiger partial charge in [0.05, 0.1) is 6.61 Å². The summed E-state index contributed by atoms with van der Waals surface area (Å²) in [5.41, 5.74) is 4.91. The molecule has 0 heterocycles. The zero-order valence-electron chi connectivity index (χ0n) is 13.2. The third-order valence-electron chi connectivity index (χ3n) is 2.90. The topological polar surface area (TPSA) is 96.5 Å². The molecule has 0 bridgehead atoms. The summed E-state index contributed by atoms with van der Waals surface area (Å²) in [6.45, 7) is 5.39. The summed E-state index contributed by atoms with van der Waals surface area (Å²) in [7, 11) is 0. The van der Waals surface area contributed by atoms with E-state index in [1.54, 1.807) is 32.9 Å². The first-order chi connectivity index (χ1) is 10.8. The zero-order valence-corrected chi connectivity index (χ0v) is 13.9. The van der Waals surface area contributed by atoms with Gasteiger partial charge in [0.15, 0.2) is 0 Å². The maximum Gasteiger partial charge on any atom is 0.407 e. The molecule has 7 nitrogen and oxygen atoms in total. The van der Waals surface area contributed by atoms with Crippen LogP contribution in [0.15, 0.2) is 24.3 Å². The molecule has 0 aliphatic rings. The van der Waals surface area contributed by atoms with E-state index >= 15 is 0 Å². The van der Waals surface area contributed by atoms with E-state index in [1.165, 1.54) is 12.1 Å². The highest BCUT2D eigenvalue weighted by atomic mass is 35.5. The summed E-state index contributed by atoms with van der Waals surface area (Å²) < 4.78 is 4.75. The van der Waals surface area contributed by atoms with E-state index in [1.807, 2.05) is 0 Å². The molecule has 0 aliphatic carbocycles. The van der Waals surface area contributed by atoms with Crippen LogP contribution in [0, 0.1) is 5.92 Å². The number of alkyl carbamates (subject to hydrolysis) is 1. The van der Waals surface area contributed by atoms with Gasteiger partial charge in [-0.25, -0.2) is 4.79 Å². The molecular weight excluding hydrogens is 322 g/mol. The largest absolute Gasteiger partial charge is 0.450 e. The molecule has 0 aliphatic heterocycles. The van der Waals surface area contributed by atoms with Crippen LogP contribution >= 0.6 is 11.6 Å². The van der Waals surface area contributed by atoms with E-state index in [0.717, 1.165) is 0 Å². The van der Waals surface area contributed by atoms with Crippen molar-refractivity contribution >= 4 is 29.5 Å². The third kappa shape index (κ3) is 6.15. The van der Waals surface area contributed by atoms with Crippen molar-refractivity contribution in [3.8, 4) is 0 Å². The van der Waals surface area contributed by atoms with Crippen molar-refractivity contribution < 1.29 is 19.1 Å². The number of nitrogens with one attached hydrogen (secondary N) is 3. The van der Waals surface area contributed by atoms with Gasteiger partial charge in [0.25, 0.3) is 11.8 Å². The first kappa shape index (κ1) is 18.8. The minimum absolute atomic E-state index is 0.188. The lowest BCUT2D eigenvalue weighted by Crippen LogP contribution is -2.54. The summed E-state index contributed by atoms with van der Waals surface area (Å²) >= 11 is 5.74. The number of carbonyl (C=O) groups excluding carboxylic acids is 3. The lowest BCUT2D eigenvalue weighted by atomic mass is 10.0. The van der Waals surface area contributed by atoms with E-state index in [-0.39, 0.29) is 12.5 Å². The highest BCUT2D eigenvalue weighted by molar-refractivity contribution is 6.30. The van der Waals surface area contributed by atoms with Crippen molar-refractivity contribution in [2.45, 2.75) is 26.8 Å². The minimum atomic E-state index is -0.834. The first-order valence-corrected chi connectivity index (χ1v) is 7.52. The molecule has 1 aromatic carbocycles. The fraction of sp³-hybridized carbons (Fsp3) is 0.400. The minimum Gasteiger partial charge on any atom is -0.450 e. The molecule has 0 saturated carbocycles. The molecule has 1 atom stereocenters. The molecule has 1 unspecified atom stereocenters. The van der Waals surface area contributed by atoms with Gasteiger partial charge in [-0.1, -0.05) is 25.4 Å². The zero-order chi connectivity index (χ0) is 17.4. The van der Waals surface area contributed by atoms with Crippen LogP contribution in [-0.2, 0) is 9.53 Å². The molecule has 0 radical (unpaired) electrons. The van der Waals surface area contributed by atoms with Gasteiger partial charge in [0.1, 0.15) is 6.04 Å². The average molecular weight is 342 g/mol. The van der Waals surface area contributed by atoms with Crippen LogP contribution in [0.5, 0.6) is 0 Å². The van der Waals surface area contributed by atoms with Gasteiger partial charge in [-0.3, -0.25) is 20.4 Å². The third-order valence-corrected chi connectivity index (χ3v) is 3.16. The molecule has 1 aromatic rings. The van der Waals surface area contributed by atoms with Crippen molar-refractivity contribution in [3.63, 3.8) is 0 Å². The number of hydrazine groups is 1. The Kier molecular flexibility index (Phi) is 7.34. The smallest absolute Gasteiger partial charge is 0.407 e. The Morgan fingerprint density at radius 1 is 1.13 bits per heavy atom. The van der Waals surface area contributed by atoms with Crippen molar-refractivity contribution in [3.05, 3.63) is 34.9 Å². The van der Waals surface area contributed by atoms with Crippen molar-refractivity contribution in [1.29, 1.82) is 0 Å². The highest BCUT2D eigenvalue weighted by Gasteiger charge is 2.25. The Morgan fingerprint density at radius 2 is 1.74 bits per heavy atom. The normalized spacial score (nSPS) is 11.5. The Hall–Kier alpha value is -2.28. The summed E-state index contributed by atoms with van der Waals surface area (Å²) in [6.07, 6.45) is -0.689. The van der Waals surface area contributed by atoms with Gasteiger partial charge in [-0.05, 0) is 37.1 Å². The van der Waals surface area contributed by atoms with Gasteiger partial charge in [-0.2, -0.15) is 0 Å². The Morgan fingerprint density at radius 3 is 2.26 bits per heavy atom. The molecule has 3 amide bonds. The quantitative estimate of drug-likeness (QED) is 0.712. The van der Waals surface area contributed by atoms with E-state index in [2.05, 4.69) is 16.2 Å². The number of carbonyl (C=O) groups is 3. The molecule has 8 heteroatoms. The lowest BCUT2D eigenvalue weighted by molar-refractivity contribution is -0.124. The van der Waals surface area contributed by atoms with Crippen LogP contribution in [0.2, 0.25) is 5.02 Å². The first-order valence-electron chi connectivity index (χ1n) is 7.14. The summed E-state index contributed by atoms with van der Waals surface area (Å²) in [5, 5.41) is 2.95. The van der Waals surface area contributed by atoms with Crippen LogP contribution in [0.4, 0.5) is 4.79 Å². The molecular formula is C15H20ClN3O4. The number of benzene rings is 1. The predicted molar refractivity (Wildman–Crippen MR) is 85.8 cm³/mol. The fourth-order valence-electron chi connectivity index (χ4n) is 1.70. The Labute approximate surface area is 139 Å². The van der Waals surface area contributed by atoms with E-state index in [4.69, 9.17) is 16.3 Å². The standard InChI is InChI=1S/C15H20ClN3O4/c1-4-23-15(22)17-12(9(2)3)14(21)19-18-13(20)10-5-7-11(16)8-6-10/h5-9,12H,4H2,1-3H3,(H,17,22)(H,18,20)(H,19,21). The van der Waals surface area contributed by atoms with Crippen molar-refractivity contribution in [2.24, 2.45) is 5.92 Å². The number of rotatable bonds is 5. The number of halogens is 1. The van der Waals surface area contributed by atoms with Crippen molar-refractivity contribution in [2.75, 3.05) is 6.61 Å². The monoisotopic (exact) mass is 341 g/mol. The number of ether oxygens (including phenoxy) is 1. The lowest BCUT2D eigenvalue weighted by Gasteiger charge is -2.21. The van der Waals surface area contributed by atoms with Crippen molar-refractivity contribution in [1.82, 2.24) is 16.2 Å². The summed E-state index contributed by atoms with van der Waals surface area (Å²) in [6, 6.07) is 5.36. The SMILES string of the molecule is CCOC(=O)NC(C(=O)NNC(=O)c1ccc(Cl)cc1)C(C)C. The molecule has 1 rings (SSSR count). The average Bonchev–Trinajstić information content (AvgIpc) is 2.50. The van der Waals surface area contributed by atoms with Gasteiger partial charge in [-0.15, -0.1) is 0 Å². The second kappa shape index (κ2) is 8.99. The summed E-state index contributed by atoms with van der Waals surface area (Å²) in [5.74, 6) is -1.23. The van der Waals surface area contributed by atoms with Gasteiger partial charge >= 0.3 is 6.09 Å².